The molecule has 0 N–H and O–H groups in total. The van der Waals surface area contributed by atoms with Crippen molar-refractivity contribution >= 4 is 69.5 Å². The van der Waals surface area contributed by atoms with Crippen molar-refractivity contribution in [1.82, 2.24) is 0 Å². The molecule has 0 aromatic rings. The molecule has 0 unspecified atom stereocenters. The van der Waals surface area contributed by atoms with Crippen molar-refractivity contribution in [2.45, 2.75) is 3.74 Å². The molecule has 0 aliphatic rings. The lowest BCUT2D eigenvalue weighted by Gasteiger charge is -1.96. The Labute approximate surface area is 98.8 Å². The first-order valence-corrected chi connectivity index (χ1v) is 5.91. The van der Waals surface area contributed by atoms with Gasteiger partial charge in [0, 0.05) is 0 Å². The second-order valence-corrected chi connectivity index (χ2v) is 6.60. The van der Waals surface area contributed by atoms with Crippen LogP contribution in [0.5, 0.6) is 0 Å². The Bertz CT molecular complexity index is 207. The van der Waals surface area contributed by atoms with Crippen molar-refractivity contribution < 1.29 is 4.79 Å². The highest BCUT2D eigenvalue weighted by molar-refractivity contribution is 9.24. The van der Waals surface area contributed by atoms with Crippen LogP contribution in [0.3, 0.4) is 0 Å². The van der Waals surface area contributed by atoms with Gasteiger partial charge in [-0.1, -0.05) is 38.4 Å². The Balaban J connectivity index is 4.36. The predicted molar refractivity (Wildman–Crippen MR) is 61.7 cm³/mol. The number of allylic oxidation sites excluding steroid dienone is 3. The lowest BCUT2D eigenvalue weighted by atomic mass is 10.3. The van der Waals surface area contributed by atoms with E-state index in [0.29, 0.717) is 8.96 Å². The normalized spacial score (nSPS) is 11.9. The van der Waals surface area contributed by atoms with E-state index in [-0.39, 0.29) is 9.52 Å². The van der Waals surface area contributed by atoms with Crippen LogP contribution in [-0.4, -0.2) is 9.52 Å². The first kappa shape index (κ1) is 12.1. The monoisotopic (exact) mass is 408 g/mol. The smallest absolute Gasteiger partial charge is 0.206 e. The van der Waals surface area contributed by atoms with Crippen LogP contribution in [0.2, 0.25) is 0 Å². The van der Waals surface area contributed by atoms with E-state index in [1.54, 1.807) is 6.08 Å². The average Bonchev–Trinajstić information content (AvgIpc) is 1.84. The SMILES string of the molecule is C=C(Br)C(=O)C(Br)=CC(Br)Br. The van der Waals surface area contributed by atoms with Crippen LogP contribution in [0.15, 0.2) is 21.6 Å². The van der Waals surface area contributed by atoms with Crippen LogP contribution in [0.1, 0.15) is 0 Å². The molecular formula is C6H4Br4O. The second kappa shape index (κ2) is 5.67. The third-order valence-corrected chi connectivity index (χ3v) is 2.25. The molecule has 62 valence electrons. The van der Waals surface area contributed by atoms with Crippen molar-refractivity contribution in [3.8, 4) is 0 Å². The number of hydrogen-bond acceptors (Lipinski definition) is 1. The standard InChI is InChI=1S/C6H4Br4O/c1-3(7)6(11)4(8)2-5(9)10/h2,5H,1H2. The summed E-state index contributed by atoms with van der Waals surface area (Å²) in [4.78, 5) is 11.1. The minimum absolute atomic E-state index is 0.0137. The molecule has 0 aliphatic carbocycles. The molecule has 0 spiro atoms. The summed E-state index contributed by atoms with van der Waals surface area (Å²) < 4.78 is 0.791. The largest absolute Gasteiger partial charge is 0.287 e. The maximum absolute atomic E-state index is 11.1. The summed E-state index contributed by atoms with van der Waals surface area (Å²) >= 11 is 12.5. The van der Waals surface area contributed by atoms with Crippen LogP contribution in [-0.2, 0) is 4.79 Å². The Hall–Kier alpha value is 1.07. The zero-order valence-corrected chi connectivity index (χ0v) is 11.6. The molecular weight excluding hydrogens is 408 g/mol. The fourth-order valence-electron chi connectivity index (χ4n) is 0.316. The van der Waals surface area contributed by atoms with E-state index < -0.39 is 0 Å². The van der Waals surface area contributed by atoms with Crippen molar-refractivity contribution in [1.29, 1.82) is 0 Å². The number of Topliss-reactive ketones (excluding diaryl/α,β-unsaturated/α-hetero) is 1. The summed E-state index contributed by atoms with van der Waals surface area (Å²) in [6, 6.07) is 0. The molecule has 0 atom stereocenters. The van der Waals surface area contributed by atoms with E-state index in [0.717, 1.165) is 0 Å². The van der Waals surface area contributed by atoms with Crippen molar-refractivity contribution in [3.05, 3.63) is 21.6 Å². The van der Waals surface area contributed by atoms with E-state index in [2.05, 4.69) is 70.3 Å². The van der Waals surface area contributed by atoms with Gasteiger partial charge in [0.05, 0.1) is 12.7 Å². The predicted octanol–water partition coefficient (Wildman–Crippen LogP) is 3.86. The fourth-order valence-corrected chi connectivity index (χ4v) is 2.54. The number of rotatable bonds is 3. The zero-order chi connectivity index (χ0) is 9.02. The molecule has 1 nitrogen and oxygen atoms in total. The van der Waals surface area contributed by atoms with Crippen LogP contribution >= 0.6 is 63.7 Å². The summed E-state index contributed by atoms with van der Waals surface area (Å²) in [7, 11) is 0. The summed E-state index contributed by atoms with van der Waals surface area (Å²) in [5.41, 5.74) is 0. The molecule has 5 heteroatoms. The zero-order valence-electron chi connectivity index (χ0n) is 5.28. The van der Waals surface area contributed by atoms with Gasteiger partial charge in [0.2, 0.25) is 5.78 Å². The molecule has 0 aromatic heterocycles. The quantitative estimate of drug-likeness (QED) is 0.509. The first-order chi connectivity index (χ1) is 4.95. The van der Waals surface area contributed by atoms with E-state index in [1.807, 2.05) is 0 Å². The van der Waals surface area contributed by atoms with Crippen LogP contribution in [0, 0.1) is 0 Å². The third-order valence-electron chi connectivity index (χ3n) is 0.736. The van der Waals surface area contributed by atoms with Gasteiger partial charge in [-0.3, -0.25) is 4.79 Å². The highest BCUT2D eigenvalue weighted by atomic mass is 79.9. The summed E-state index contributed by atoms with van der Waals surface area (Å²) in [5.74, 6) is -0.158. The van der Waals surface area contributed by atoms with Gasteiger partial charge in [-0.05, 0) is 37.9 Å². The van der Waals surface area contributed by atoms with Crippen molar-refractivity contribution in [2.24, 2.45) is 0 Å². The Morgan fingerprint density at radius 2 is 1.82 bits per heavy atom. The Morgan fingerprint density at radius 3 is 2.09 bits per heavy atom. The minimum atomic E-state index is -0.158. The van der Waals surface area contributed by atoms with Gasteiger partial charge in [-0.2, -0.15) is 0 Å². The molecule has 11 heavy (non-hydrogen) atoms. The van der Waals surface area contributed by atoms with Gasteiger partial charge >= 0.3 is 0 Å². The van der Waals surface area contributed by atoms with E-state index in [4.69, 9.17) is 0 Å². The van der Waals surface area contributed by atoms with Crippen LogP contribution < -0.4 is 0 Å². The molecule has 0 aliphatic heterocycles. The van der Waals surface area contributed by atoms with Gasteiger partial charge in [-0.15, -0.1) is 0 Å². The number of hydrogen-bond donors (Lipinski definition) is 0. The van der Waals surface area contributed by atoms with Gasteiger partial charge in [0.25, 0.3) is 0 Å². The highest BCUT2D eigenvalue weighted by Crippen LogP contribution is 2.20. The van der Waals surface area contributed by atoms with E-state index in [1.165, 1.54) is 0 Å². The van der Waals surface area contributed by atoms with Gasteiger partial charge < -0.3 is 0 Å². The number of carbonyl (C=O) groups excluding carboxylic acids is 1. The number of ketones is 1. The van der Waals surface area contributed by atoms with Gasteiger partial charge in [0.15, 0.2) is 0 Å². The first-order valence-electron chi connectivity index (χ1n) is 2.49. The average molecular weight is 412 g/mol. The topological polar surface area (TPSA) is 17.1 Å². The van der Waals surface area contributed by atoms with Gasteiger partial charge in [-0.25, -0.2) is 0 Å². The Morgan fingerprint density at radius 1 is 1.36 bits per heavy atom. The number of carbonyl (C=O) groups is 1. The molecule has 0 saturated carbocycles. The lowest BCUT2D eigenvalue weighted by molar-refractivity contribution is -0.110. The Kier molecular flexibility index (Phi) is 6.22. The molecule has 0 heterocycles. The minimum Gasteiger partial charge on any atom is -0.287 e. The second-order valence-electron chi connectivity index (χ2n) is 1.58. The van der Waals surface area contributed by atoms with Crippen LogP contribution in [0.4, 0.5) is 0 Å². The molecule has 0 fully saturated rings. The third kappa shape index (κ3) is 5.33. The van der Waals surface area contributed by atoms with Gasteiger partial charge in [0.1, 0.15) is 0 Å². The summed E-state index contributed by atoms with van der Waals surface area (Å²) in [6.07, 6.45) is 1.68. The number of halogens is 4. The summed E-state index contributed by atoms with van der Waals surface area (Å²) in [6.45, 7) is 3.45. The maximum atomic E-state index is 11.1. The van der Waals surface area contributed by atoms with Crippen molar-refractivity contribution in [3.63, 3.8) is 0 Å². The molecule has 0 saturated heterocycles. The molecule has 0 aromatic carbocycles. The highest BCUT2D eigenvalue weighted by Gasteiger charge is 2.08. The summed E-state index contributed by atoms with van der Waals surface area (Å²) in [5, 5.41) is 0. The van der Waals surface area contributed by atoms with Crippen molar-refractivity contribution in [2.75, 3.05) is 0 Å². The number of alkyl halides is 2. The molecule has 0 amide bonds. The van der Waals surface area contributed by atoms with E-state index in [9.17, 15) is 4.79 Å². The molecule has 0 radical (unpaired) electrons. The molecule has 0 rings (SSSR count). The maximum Gasteiger partial charge on any atom is 0.206 e. The van der Waals surface area contributed by atoms with Crippen LogP contribution in [0.25, 0.3) is 0 Å². The molecule has 0 bridgehead atoms. The van der Waals surface area contributed by atoms with E-state index >= 15 is 0 Å². The fraction of sp³-hybridized carbons (Fsp3) is 0.167. The lowest BCUT2D eigenvalue weighted by Crippen LogP contribution is -1.96.